The molecule has 162 valence electrons. The molecule has 0 bridgehead atoms. The van der Waals surface area contributed by atoms with Gasteiger partial charge in [0.1, 0.15) is 28.3 Å². The van der Waals surface area contributed by atoms with Crippen LogP contribution in [0.25, 0.3) is 0 Å². The van der Waals surface area contributed by atoms with E-state index in [0.29, 0.717) is 12.4 Å². The number of halogens is 1. The number of hydrogen-bond acceptors (Lipinski definition) is 5. The van der Waals surface area contributed by atoms with E-state index in [-0.39, 0.29) is 12.6 Å². The largest absolute Gasteiger partial charge is 0.494 e. The summed E-state index contributed by atoms with van der Waals surface area (Å²) in [6.07, 6.45) is 0.865. The van der Waals surface area contributed by atoms with Crippen LogP contribution in [0.3, 0.4) is 0 Å². The van der Waals surface area contributed by atoms with E-state index < -0.39 is 32.7 Å². The number of ether oxygens (including phenoxy) is 2. The number of sulfonamides is 1. The second-order valence-electron chi connectivity index (χ2n) is 7.12. The first kappa shape index (κ1) is 22.0. The zero-order valence-corrected chi connectivity index (χ0v) is 17.9. The maximum Gasteiger partial charge on any atom is 0.244 e. The van der Waals surface area contributed by atoms with Gasteiger partial charge in [-0.3, -0.25) is 4.79 Å². The van der Waals surface area contributed by atoms with Gasteiger partial charge in [0.2, 0.25) is 15.9 Å². The van der Waals surface area contributed by atoms with E-state index in [4.69, 9.17) is 9.47 Å². The Balaban J connectivity index is 1.68. The number of hydrogen-bond donors (Lipinski definition) is 2. The molecule has 0 saturated heterocycles. The first-order valence-electron chi connectivity index (χ1n) is 9.71. The Morgan fingerprint density at radius 2 is 2.07 bits per heavy atom. The first-order valence-corrected chi connectivity index (χ1v) is 11.2. The van der Waals surface area contributed by atoms with Crippen molar-refractivity contribution in [3.63, 3.8) is 0 Å². The van der Waals surface area contributed by atoms with Gasteiger partial charge in [0, 0.05) is 24.1 Å². The smallest absolute Gasteiger partial charge is 0.244 e. The summed E-state index contributed by atoms with van der Waals surface area (Å²) in [6, 6.07) is 7.63. The SMILES string of the molecule is CCOc1cc2c(cc1CNC(=O)[C@H](C)NS(=O)(=O)c1ccccc1F)OC(C)C2. The van der Waals surface area contributed by atoms with E-state index in [9.17, 15) is 17.6 Å². The summed E-state index contributed by atoms with van der Waals surface area (Å²) in [5.74, 6) is -0.0316. The van der Waals surface area contributed by atoms with Crippen LogP contribution in [0.2, 0.25) is 0 Å². The van der Waals surface area contributed by atoms with Gasteiger partial charge in [0.25, 0.3) is 0 Å². The summed E-state index contributed by atoms with van der Waals surface area (Å²) in [6.45, 7) is 5.84. The summed E-state index contributed by atoms with van der Waals surface area (Å²) >= 11 is 0. The van der Waals surface area contributed by atoms with Crippen LogP contribution < -0.4 is 19.5 Å². The normalized spacial score (nSPS) is 16.5. The molecule has 0 fully saturated rings. The average Bonchev–Trinajstić information content (AvgIpc) is 3.04. The van der Waals surface area contributed by atoms with E-state index in [1.807, 2.05) is 26.0 Å². The lowest BCUT2D eigenvalue weighted by atomic mass is 10.1. The fourth-order valence-corrected chi connectivity index (χ4v) is 4.54. The molecule has 0 saturated carbocycles. The second kappa shape index (κ2) is 9.01. The van der Waals surface area contributed by atoms with Crippen LogP contribution in [0, 0.1) is 5.82 Å². The minimum absolute atomic E-state index is 0.0760. The van der Waals surface area contributed by atoms with Crippen molar-refractivity contribution in [1.29, 1.82) is 0 Å². The van der Waals surface area contributed by atoms with Crippen molar-refractivity contribution in [2.75, 3.05) is 6.61 Å². The molecular weight excluding hydrogens is 411 g/mol. The van der Waals surface area contributed by atoms with Crippen LogP contribution in [0.4, 0.5) is 4.39 Å². The molecule has 1 unspecified atom stereocenters. The number of carbonyl (C=O) groups excluding carboxylic acids is 1. The molecule has 9 heteroatoms. The predicted molar refractivity (Wildman–Crippen MR) is 109 cm³/mol. The average molecular weight is 437 g/mol. The zero-order chi connectivity index (χ0) is 21.9. The Morgan fingerprint density at radius 3 is 2.77 bits per heavy atom. The van der Waals surface area contributed by atoms with Crippen LogP contribution in [0.1, 0.15) is 31.9 Å². The highest BCUT2D eigenvalue weighted by atomic mass is 32.2. The molecule has 0 radical (unpaired) electrons. The second-order valence-corrected chi connectivity index (χ2v) is 8.81. The minimum Gasteiger partial charge on any atom is -0.494 e. The molecule has 30 heavy (non-hydrogen) atoms. The Kier molecular flexibility index (Phi) is 6.62. The monoisotopic (exact) mass is 436 g/mol. The van der Waals surface area contributed by atoms with E-state index in [1.54, 1.807) is 0 Å². The number of rotatable bonds is 8. The van der Waals surface area contributed by atoms with Gasteiger partial charge in [-0.05, 0) is 45.0 Å². The van der Waals surface area contributed by atoms with E-state index in [2.05, 4.69) is 10.0 Å². The third-order valence-corrected chi connectivity index (χ3v) is 6.26. The Bertz CT molecular complexity index is 1040. The maximum absolute atomic E-state index is 13.8. The number of nitrogens with one attached hydrogen (secondary N) is 2. The van der Waals surface area contributed by atoms with Gasteiger partial charge >= 0.3 is 0 Å². The quantitative estimate of drug-likeness (QED) is 0.663. The van der Waals surface area contributed by atoms with Crippen LogP contribution in [0.15, 0.2) is 41.3 Å². The molecule has 2 aromatic carbocycles. The van der Waals surface area contributed by atoms with Crippen molar-refractivity contribution in [3.05, 3.63) is 53.3 Å². The maximum atomic E-state index is 13.8. The first-order chi connectivity index (χ1) is 14.2. The van der Waals surface area contributed by atoms with Gasteiger partial charge < -0.3 is 14.8 Å². The van der Waals surface area contributed by atoms with Gasteiger partial charge in [-0.2, -0.15) is 4.72 Å². The fraction of sp³-hybridized carbons (Fsp3) is 0.381. The summed E-state index contributed by atoms with van der Waals surface area (Å²) in [4.78, 5) is 12.0. The topological polar surface area (TPSA) is 93.7 Å². The lowest BCUT2D eigenvalue weighted by Gasteiger charge is -2.17. The Labute approximate surface area is 175 Å². The molecule has 1 aliphatic heterocycles. The lowest BCUT2D eigenvalue weighted by molar-refractivity contribution is -0.122. The van der Waals surface area contributed by atoms with E-state index in [0.717, 1.165) is 35.4 Å². The fourth-order valence-electron chi connectivity index (χ4n) is 3.26. The molecule has 2 N–H and O–H groups in total. The third-order valence-electron chi connectivity index (χ3n) is 4.68. The van der Waals surface area contributed by atoms with E-state index >= 15 is 0 Å². The Hall–Kier alpha value is -2.65. The van der Waals surface area contributed by atoms with Crippen molar-refractivity contribution in [2.24, 2.45) is 0 Å². The molecule has 7 nitrogen and oxygen atoms in total. The summed E-state index contributed by atoms with van der Waals surface area (Å²) in [5, 5.41) is 2.69. The molecule has 0 spiro atoms. The van der Waals surface area contributed by atoms with Crippen LogP contribution in [-0.4, -0.2) is 33.1 Å². The standard InChI is InChI=1S/C21H25FN2O5S/c1-4-28-18-10-15-9-13(2)29-19(15)11-16(18)12-23-21(25)14(3)24-30(26,27)20-8-6-5-7-17(20)22/h5-8,10-11,13-14,24H,4,9,12H2,1-3H3,(H,23,25)/t13?,14-/m0/s1. The van der Waals surface area contributed by atoms with Gasteiger partial charge in [0.15, 0.2) is 0 Å². The zero-order valence-electron chi connectivity index (χ0n) is 17.1. The summed E-state index contributed by atoms with van der Waals surface area (Å²) in [7, 11) is -4.18. The predicted octanol–water partition coefficient (Wildman–Crippen LogP) is 2.53. The number of carbonyl (C=O) groups is 1. The molecule has 1 amide bonds. The third kappa shape index (κ3) is 4.91. The minimum atomic E-state index is -4.18. The number of amides is 1. The van der Waals surface area contributed by atoms with Gasteiger partial charge in [-0.15, -0.1) is 0 Å². The van der Waals surface area contributed by atoms with Crippen LogP contribution >= 0.6 is 0 Å². The lowest BCUT2D eigenvalue weighted by Crippen LogP contribution is -2.44. The van der Waals surface area contributed by atoms with Gasteiger partial charge in [-0.1, -0.05) is 12.1 Å². The highest BCUT2D eigenvalue weighted by molar-refractivity contribution is 7.89. The molecule has 2 aromatic rings. The molecule has 1 aliphatic rings. The molecular formula is C21H25FN2O5S. The van der Waals surface area contributed by atoms with Gasteiger partial charge in [-0.25, -0.2) is 12.8 Å². The number of fused-ring (bicyclic) bond motifs is 1. The molecule has 2 atom stereocenters. The van der Waals surface area contributed by atoms with Crippen LogP contribution in [-0.2, 0) is 27.8 Å². The highest BCUT2D eigenvalue weighted by Crippen LogP contribution is 2.35. The molecule has 0 aromatic heterocycles. The van der Waals surface area contributed by atoms with Gasteiger partial charge in [0.05, 0.1) is 12.6 Å². The van der Waals surface area contributed by atoms with Crippen LogP contribution in [0.5, 0.6) is 11.5 Å². The Morgan fingerprint density at radius 1 is 1.33 bits per heavy atom. The summed E-state index contributed by atoms with van der Waals surface area (Å²) in [5.41, 5.74) is 1.77. The highest BCUT2D eigenvalue weighted by Gasteiger charge is 2.25. The van der Waals surface area contributed by atoms with E-state index in [1.165, 1.54) is 19.1 Å². The van der Waals surface area contributed by atoms with Crippen molar-refractivity contribution < 1.29 is 27.1 Å². The molecule has 0 aliphatic carbocycles. The molecule has 3 rings (SSSR count). The van der Waals surface area contributed by atoms with Crippen molar-refractivity contribution in [1.82, 2.24) is 10.0 Å². The van der Waals surface area contributed by atoms with Crippen molar-refractivity contribution in [3.8, 4) is 11.5 Å². The number of benzene rings is 2. The summed E-state index contributed by atoms with van der Waals surface area (Å²) < 4.78 is 52.2. The van der Waals surface area contributed by atoms with Crippen molar-refractivity contribution in [2.45, 2.75) is 50.8 Å². The van der Waals surface area contributed by atoms with Crippen molar-refractivity contribution >= 4 is 15.9 Å². The molecule has 1 heterocycles.